The van der Waals surface area contributed by atoms with Crippen LogP contribution in [0.5, 0.6) is 0 Å². The van der Waals surface area contributed by atoms with Crippen molar-refractivity contribution in [3.63, 3.8) is 0 Å². The number of aromatic nitrogens is 4. The van der Waals surface area contributed by atoms with Gasteiger partial charge in [0.15, 0.2) is 0 Å². The average Bonchev–Trinajstić information content (AvgIpc) is 3.21. The molecule has 3 aromatic heterocycles. The summed E-state index contributed by atoms with van der Waals surface area (Å²) < 4.78 is 6.77. The lowest BCUT2D eigenvalue weighted by atomic mass is 10.1. The second-order valence-corrected chi connectivity index (χ2v) is 5.28. The van der Waals surface area contributed by atoms with Crippen LogP contribution in [0, 0.1) is 6.92 Å². The highest BCUT2D eigenvalue weighted by molar-refractivity contribution is 6.04. The molecule has 0 bridgehead atoms. The lowest BCUT2D eigenvalue weighted by Crippen LogP contribution is -2.12. The van der Waals surface area contributed by atoms with E-state index in [0.29, 0.717) is 22.8 Å². The monoisotopic (exact) mass is 319 g/mol. The van der Waals surface area contributed by atoms with Crippen molar-refractivity contribution in [1.29, 1.82) is 0 Å². The van der Waals surface area contributed by atoms with Gasteiger partial charge in [-0.05, 0) is 25.1 Å². The summed E-state index contributed by atoms with van der Waals surface area (Å²) in [5.41, 5.74) is 2.76. The van der Waals surface area contributed by atoms with Crippen LogP contribution in [0.15, 0.2) is 59.6 Å². The maximum Gasteiger partial charge on any atom is 0.260 e. The highest BCUT2D eigenvalue weighted by atomic mass is 16.5. The SMILES string of the molecule is Cc1oncc1C(=O)Nc1cccc(-c2cn3cccnc3n2)c1. The summed E-state index contributed by atoms with van der Waals surface area (Å²) in [5, 5.41) is 6.46. The Hall–Kier alpha value is -3.48. The van der Waals surface area contributed by atoms with Gasteiger partial charge < -0.3 is 9.84 Å². The fraction of sp³-hybridized carbons (Fsp3) is 0.0588. The molecule has 24 heavy (non-hydrogen) atoms. The minimum atomic E-state index is -0.262. The van der Waals surface area contributed by atoms with Gasteiger partial charge in [-0.15, -0.1) is 0 Å². The number of nitrogens with zero attached hydrogens (tertiary/aromatic N) is 4. The molecule has 0 aliphatic rings. The van der Waals surface area contributed by atoms with E-state index in [2.05, 4.69) is 20.4 Å². The third-order valence-corrected chi connectivity index (χ3v) is 3.65. The smallest absolute Gasteiger partial charge is 0.260 e. The van der Waals surface area contributed by atoms with Gasteiger partial charge in [0.25, 0.3) is 5.91 Å². The molecule has 0 spiro atoms. The molecule has 0 saturated heterocycles. The molecule has 0 aliphatic heterocycles. The number of aryl methyl sites for hydroxylation is 1. The summed E-state index contributed by atoms with van der Waals surface area (Å²) >= 11 is 0. The summed E-state index contributed by atoms with van der Waals surface area (Å²) in [6.45, 7) is 1.70. The first-order valence-corrected chi connectivity index (χ1v) is 7.33. The number of hydrogen-bond donors (Lipinski definition) is 1. The summed E-state index contributed by atoms with van der Waals surface area (Å²) in [6.07, 6.45) is 6.89. The Morgan fingerprint density at radius 2 is 2.21 bits per heavy atom. The van der Waals surface area contributed by atoms with Crippen LogP contribution in [0.25, 0.3) is 17.0 Å². The maximum atomic E-state index is 12.2. The first-order chi connectivity index (χ1) is 11.7. The van der Waals surface area contributed by atoms with Crippen molar-refractivity contribution < 1.29 is 9.32 Å². The highest BCUT2D eigenvalue weighted by Gasteiger charge is 2.13. The molecule has 3 heterocycles. The summed E-state index contributed by atoms with van der Waals surface area (Å²) in [7, 11) is 0. The van der Waals surface area contributed by atoms with Crippen LogP contribution >= 0.6 is 0 Å². The van der Waals surface area contributed by atoms with Crippen LogP contribution in [0.2, 0.25) is 0 Å². The summed E-state index contributed by atoms with van der Waals surface area (Å²) in [4.78, 5) is 20.9. The molecule has 1 amide bonds. The molecule has 0 radical (unpaired) electrons. The maximum absolute atomic E-state index is 12.2. The van der Waals surface area contributed by atoms with Crippen molar-refractivity contribution in [2.45, 2.75) is 6.92 Å². The zero-order valence-corrected chi connectivity index (χ0v) is 12.8. The predicted molar refractivity (Wildman–Crippen MR) is 87.6 cm³/mol. The molecule has 0 fully saturated rings. The summed E-state index contributed by atoms with van der Waals surface area (Å²) in [6, 6.07) is 9.32. The molecule has 4 rings (SSSR count). The van der Waals surface area contributed by atoms with Crippen LogP contribution in [-0.2, 0) is 0 Å². The van der Waals surface area contributed by atoms with Gasteiger partial charge in [0, 0.05) is 29.8 Å². The van der Waals surface area contributed by atoms with Crippen molar-refractivity contribution >= 4 is 17.4 Å². The number of benzene rings is 1. The quantitative estimate of drug-likeness (QED) is 0.627. The molecule has 0 aliphatic carbocycles. The first kappa shape index (κ1) is 14.1. The lowest BCUT2D eigenvalue weighted by molar-refractivity contribution is 0.102. The predicted octanol–water partition coefficient (Wildman–Crippen LogP) is 2.95. The lowest BCUT2D eigenvalue weighted by Gasteiger charge is -2.05. The zero-order chi connectivity index (χ0) is 16.5. The van der Waals surface area contributed by atoms with E-state index in [9.17, 15) is 4.79 Å². The fourth-order valence-corrected chi connectivity index (χ4v) is 2.44. The van der Waals surface area contributed by atoms with E-state index in [1.54, 1.807) is 13.1 Å². The van der Waals surface area contributed by atoms with Crippen LogP contribution in [0.4, 0.5) is 5.69 Å². The van der Waals surface area contributed by atoms with E-state index in [4.69, 9.17) is 4.52 Å². The van der Waals surface area contributed by atoms with E-state index in [1.807, 2.05) is 47.1 Å². The number of hydrogen-bond acceptors (Lipinski definition) is 5. The van der Waals surface area contributed by atoms with E-state index in [-0.39, 0.29) is 5.91 Å². The van der Waals surface area contributed by atoms with Crippen molar-refractivity contribution in [2.24, 2.45) is 0 Å². The molecule has 1 N–H and O–H groups in total. The van der Waals surface area contributed by atoms with Gasteiger partial charge in [-0.1, -0.05) is 17.3 Å². The minimum absolute atomic E-state index is 0.262. The van der Waals surface area contributed by atoms with Gasteiger partial charge in [-0.2, -0.15) is 0 Å². The molecule has 0 unspecified atom stereocenters. The Morgan fingerprint density at radius 3 is 3.00 bits per heavy atom. The van der Waals surface area contributed by atoms with Gasteiger partial charge in [0.1, 0.15) is 11.3 Å². The second-order valence-electron chi connectivity index (χ2n) is 5.28. The van der Waals surface area contributed by atoms with Crippen molar-refractivity contribution in [1.82, 2.24) is 19.5 Å². The number of anilines is 1. The number of carbonyl (C=O) groups excluding carboxylic acids is 1. The van der Waals surface area contributed by atoms with Gasteiger partial charge in [0.05, 0.1) is 11.9 Å². The second kappa shape index (κ2) is 5.62. The van der Waals surface area contributed by atoms with Crippen LogP contribution < -0.4 is 5.32 Å². The third kappa shape index (κ3) is 2.52. The Bertz CT molecular complexity index is 1000. The van der Waals surface area contributed by atoms with Crippen LogP contribution in [0.3, 0.4) is 0 Å². The number of amides is 1. The van der Waals surface area contributed by atoms with Crippen molar-refractivity contribution in [3.05, 3.63) is 66.4 Å². The zero-order valence-electron chi connectivity index (χ0n) is 12.8. The number of fused-ring (bicyclic) bond motifs is 1. The number of carbonyl (C=O) groups is 1. The van der Waals surface area contributed by atoms with Gasteiger partial charge in [-0.25, -0.2) is 9.97 Å². The molecule has 0 saturated carbocycles. The molecular weight excluding hydrogens is 306 g/mol. The van der Waals surface area contributed by atoms with E-state index in [0.717, 1.165) is 11.3 Å². The van der Waals surface area contributed by atoms with Gasteiger partial charge in [0.2, 0.25) is 5.78 Å². The largest absolute Gasteiger partial charge is 0.361 e. The van der Waals surface area contributed by atoms with E-state index in [1.165, 1.54) is 6.20 Å². The topological polar surface area (TPSA) is 85.3 Å². The Labute approximate surface area is 137 Å². The molecular formula is C17H13N5O2. The Balaban J connectivity index is 1.64. The molecule has 7 nitrogen and oxygen atoms in total. The highest BCUT2D eigenvalue weighted by Crippen LogP contribution is 2.22. The van der Waals surface area contributed by atoms with Crippen LogP contribution in [0.1, 0.15) is 16.1 Å². The van der Waals surface area contributed by atoms with Gasteiger partial charge >= 0.3 is 0 Å². The molecule has 1 aromatic carbocycles. The van der Waals surface area contributed by atoms with Crippen LogP contribution in [-0.4, -0.2) is 25.4 Å². The van der Waals surface area contributed by atoms with E-state index >= 15 is 0 Å². The Morgan fingerprint density at radius 1 is 1.29 bits per heavy atom. The molecule has 7 heteroatoms. The third-order valence-electron chi connectivity index (χ3n) is 3.65. The fourth-order valence-electron chi connectivity index (χ4n) is 2.44. The van der Waals surface area contributed by atoms with Gasteiger partial charge in [-0.3, -0.25) is 9.20 Å². The molecule has 0 atom stereocenters. The van der Waals surface area contributed by atoms with Crippen molar-refractivity contribution in [2.75, 3.05) is 5.32 Å². The Kier molecular flexibility index (Phi) is 3.31. The minimum Gasteiger partial charge on any atom is -0.361 e. The van der Waals surface area contributed by atoms with Crippen molar-refractivity contribution in [3.8, 4) is 11.3 Å². The average molecular weight is 319 g/mol. The summed E-state index contributed by atoms with van der Waals surface area (Å²) in [5.74, 6) is 0.847. The molecule has 118 valence electrons. The number of nitrogens with one attached hydrogen (secondary N) is 1. The number of imidazole rings is 1. The number of rotatable bonds is 3. The molecule has 4 aromatic rings. The normalized spacial score (nSPS) is 10.9. The first-order valence-electron chi connectivity index (χ1n) is 7.33. The standard InChI is InChI=1S/C17H13N5O2/c1-11-14(9-19-24-11)16(23)20-13-5-2-4-12(8-13)15-10-22-7-3-6-18-17(22)21-15/h2-10H,1H3,(H,20,23). The van der Waals surface area contributed by atoms with E-state index < -0.39 is 0 Å².